The zero-order valence-electron chi connectivity index (χ0n) is 12.5. The van der Waals surface area contributed by atoms with Gasteiger partial charge < -0.3 is 5.32 Å². The zero-order chi connectivity index (χ0) is 15.2. The molecule has 0 saturated carbocycles. The molecule has 0 aromatic carbocycles. The van der Waals surface area contributed by atoms with Crippen LogP contribution in [0.4, 0.5) is 0 Å². The number of aromatic nitrogens is 3. The van der Waals surface area contributed by atoms with Gasteiger partial charge in [-0.3, -0.25) is 14.4 Å². The molecule has 118 valence electrons. The fourth-order valence-corrected chi connectivity index (χ4v) is 3.54. The first-order chi connectivity index (χ1) is 10.8. The van der Waals surface area contributed by atoms with Crippen molar-refractivity contribution < 1.29 is 4.79 Å². The highest BCUT2D eigenvalue weighted by atomic mass is 32.1. The van der Waals surface area contributed by atoms with Gasteiger partial charge >= 0.3 is 0 Å². The monoisotopic (exact) mass is 319 g/mol. The summed E-state index contributed by atoms with van der Waals surface area (Å²) in [5.74, 6) is 0.648. The Morgan fingerprint density at radius 3 is 3.23 bits per heavy atom. The molecule has 2 aromatic rings. The Morgan fingerprint density at radius 2 is 2.45 bits per heavy atom. The minimum Gasteiger partial charge on any atom is -0.350 e. The predicted octanol–water partition coefficient (Wildman–Crippen LogP) is 1.37. The van der Waals surface area contributed by atoms with Crippen molar-refractivity contribution in [3.8, 4) is 0 Å². The van der Waals surface area contributed by atoms with Crippen LogP contribution in [0.3, 0.4) is 0 Å². The largest absolute Gasteiger partial charge is 0.350 e. The molecule has 1 aliphatic heterocycles. The first-order valence-electron chi connectivity index (χ1n) is 7.63. The molecule has 1 N–H and O–H groups in total. The van der Waals surface area contributed by atoms with E-state index in [2.05, 4.69) is 20.3 Å². The van der Waals surface area contributed by atoms with Gasteiger partial charge in [0.05, 0.1) is 13.1 Å². The maximum absolute atomic E-state index is 12.1. The van der Waals surface area contributed by atoms with E-state index in [1.54, 1.807) is 24.0 Å². The van der Waals surface area contributed by atoms with Crippen LogP contribution in [-0.4, -0.2) is 45.2 Å². The quantitative estimate of drug-likeness (QED) is 0.873. The van der Waals surface area contributed by atoms with Gasteiger partial charge in [0.25, 0.3) is 0 Å². The van der Waals surface area contributed by atoms with E-state index in [-0.39, 0.29) is 5.91 Å². The third-order valence-electron chi connectivity index (χ3n) is 3.92. The van der Waals surface area contributed by atoms with Crippen LogP contribution >= 0.6 is 11.3 Å². The number of rotatable bonds is 6. The summed E-state index contributed by atoms with van der Waals surface area (Å²) in [6.45, 7) is 3.95. The summed E-state index contributed by atoms with van der Waals surface area (Å²) in [7, 11) is 0. The maximum atomic E-state index is 12.1. The molecule has 1 amide bonds. The second kappa shape index (κ2) is 7.51. The van der Waals surface area contributed by atoms with Gasteiger partial charge in [-0.15, -0.1) is 11.3 Å². The average molecular weight is 319 g/mol. The minimum atomic E-state index is 0.106. The van der Waals surface area contributed by atoms with E-state index in [1.165, 1.54) is 11.3 Å². The van der Waals surface area contributed by atoms with Crippen molar-refractivity contribution in [2.75, 3.05) is 19.6 Å². The van der Waals surface area contributed by atoms with Crippen LogP contribution in [-0.2, 0) is 17.9 Å². The van der Waals surface area contributed by atoms with Crippen molar-refractivity contribution >= 4 is 17.2 Å². The number of hydrogen-bond donors (Lipinski definition) is 1. The molecular weight excluding hydrogens is 298 g/mol. The molecule has 1 aliphatic rings. The number of nitrogens with zero attached hydrogens (tertiary/aromatic N) is 4. The number of carbonyl (C=O) groups is 1. The Bertz CT molecular complexity index is 569. The zero-order valence-corrected chi connectivity index (χ0v) is 13.3. The van der Waals surface area contributed by atoms with E-state index in [9.17, 15) is 4.79 Å². The van der Waals surface area contributed by atoms with Crippen molar-refractivity contribution in [1.82, 2.24) is 25.0 Å². The Hall–Kier alpha value is -1.73. The lowest BCUT2D eigenvalue weighted by atomic mass is 9.98. The van der Waals surface area contributed by atoms with Crippen LogP contribution in [0.5, 0.6) is 0 Å². The molecule has 0 radical (unpaired) electrons. The van der Waals surface area contributed by atoms with E-state index in [1.807, 2.05) is 22.2 Å². The van der Waals surface area contributed by atoms with Crippen LogP contribution in [0.1, 0.15) is 17.7 Å². The summed E-state index contributed by atoms with van der Waals surface area (Å²) in [4.78, 5) is 19.5. The van der Waals surface area contributed by atoms with Crippen molar-refractivity contribution in [1.29, 1.82) is 0 Å². The van der Waals surface area contributed by atoms with E-state index >= 15 is 0 Å². The van der Waals surface area contributed by atoms with Gasteiger partial charge in [-0.2, -0.15) is 5.10 Å². The standard InChI is InChI=1S/C15H21N5OS/c21-15(17-7-14-4-2-6-22-14)10-19-5-1-3-13(8-19)9-20-12-16-11-18-20/h2,4,6,11-13H,1,3,5,7-10H2,(H,17,21)/t13-/m1/s1. The number of hydrogen-bond acceptors (Lipinski definition) is 5. The van der Waals surface area contributed by atoms with Gasteiger partial charge in [-0.05, 0) is 36.8 Å². The fraction of sp³-hybridized carbons (Fsp3) is 0.533. The Morgan fingerprint density at radius 1 is 1.50 bits per heavy atom. The number of thiophene rings is 1. The lowest BCUT2D eigenvalue weighted by molar-refractivity contribution is -0.122. The van der Waals surface area contributed by atoms with Crippen molar-refractivity contribution in [3.05, 3.63) is 35.0 Å². The van der Waals surface area contributed by atoms with Gasteiger partial charge in [0.2, 0.25) is 5.91 Å². The summed E-state index contributed by atoms with van der Waals surface area (Å²) >= 11 is 1.67. The molecular formula is C15H21N5OS. The van der Waals surface area contributed by atoms with Gasteiger partial charge in [0, 0.05) is 18.0 Å². The van der Waals surface area contributed by atoms with Gasteiger partial charge in [0.15, 0.2) is 0 Å². The number of piperidine rings is 1. The van der Waals surface area contributed by atoms with E-state index in [0.717, 1.165) is 26.1 Å². The van der Waals surface area contributed by atoms with Crippen LogP contribution in [0, 0.1) is 5.92 Å². The molecule has 0 bridgehead atoms. The van der Waals surface area contributed by atoms with E-state index in [4.69, 9.17) is 0 Å². The molecule has 3 rings (SSSR count). The molecule has 22 heavy (non-hydrogen) atoms. The topological polar surface area (TPSA) is 63.1 Å². The lowest BCUT2D eigenvalue weighted by Crippen LogP contribution is -2.43. The molecule has 1 atom stereocenters. The first-order valence-corrected chi connectivity index (χ1v) is 8.51. The fourth-order valence-electron chi connectivity index (χ4n) is 2.89. The van der Waals surface area contributed by atoms with Crippen molar-refractivity contribution in [2.24, 2.45) is 5.92 Å². The molecule has 7 heteroatoms. The van der Waals surface area contributed by atoms with Gasteiger partial charge in [0.1, 0.15) is 12.7 Å². The number of amides is 1. The molecule has 6 nitrogen and oxygen atoms in total. The highest BCUT2D eigenvalue weighted by Crippen LogP contribution is 2.17. The second-order valence-corrected chi connectivity index (χ2v) is 6.75. The van der Waals surface area contributed by atoms with Crippen LogP contribution in [0.15, 0.2) is 30.2 Å². The Balaban J connectivity index is 1.42. The van der Waals surface area contributed by atoms with Crippen LogP contribution < -0.4 is 5.32 Å². The Kier molecular flexibility index (Phi) is 5.18. The SMILES string of the molecule is O=C(CN1CCC[C@@H](Cn2cncn2)C1)NCc1cccs1. The number of likely N-dealkylation sites (tertiary alicyclic amines) is 1. The molecule has 1 saturated heterocycles. The minimum absolute atomic E-state index is 0.106. The van der Waals surface area contributed by atoms with Gasteiger partial charge in [-0.1, -0.05) is 6.07 Å². The smallest absolute Gasteiger partial charge is 0.234 e. The van der Waals surface area contributed by atoms with Crippen molar-refractivity contribution in [2.45, 2.75) is 25.9 Å². The summed E-state index contributed by atoms with van der Waals surface area (Å²) in [5, 5.41) is 9.19. The summed E-state index contributed by atoms with van der Waals surface area (Å²) < 4.78 is 1.88. The maximum Gasteiger partial charge on any atom is 0.234 e. The van der Waals surface area contributed by atoms with Crippen molar-refractivity contribution in [3.63, 3.8) is 0 Å². The molecule has 2 aromatic heterocycles. The van der Waals surface area contributed by atoms with E-state index in [0.29, 0.717) is 19.0 Å². The molecule has 0 aliphatic carbocycles. The molecule has 0 unspecified atom stereocenters. The van der Waals surface area contributed by atoms with E-state index < -0.39 is 0 Å². The number of nitrogens with one attached hydrogen (secondary N) is 1. The second-order valence-electron chi connectivity index (χ2n) is 5.72. The van der Waals surface area contributed by atoms with Crippen LogP contribution in [0.2, 0.25) is 0 Å². The number of carbonyl (C=O) groups excluding carboxylic acids is 1. The molecule has 3 heterocycles. The summed E-state index contributed by atoms with van der Waals surface area (Å²) in [6.07, 6.45) is 5.65. The summed E-state index contributed by atoms with van der Waals surface area (Å²) in [6, 6.07) is 4.05. The van der Waals surface area contributed by atoms with Crippen LogP contribution in [0.25, 0.3) is 0 Å². The summed E-state index contributed by atoms with van der Waals surface area (Å²) in [5.41, 5.74) is 0. The highest BCUT2D eigenvalue weighted by Gasteiger charge is 2.22. The third kappa shape index (κ3) is 4.38. The normalized spacial score (nSPS) is 19.2. The lowest BCUT2D eigenvalue weighted by Gasteiger charge is -2.32. The molecule has 1 fully saturated rings. The first kappa shape index (κ1) is 15.2. The highest BCUT2D eigenvalue weighted by molar-refractivity contribution is 7.09. The third-order valence-corrected chi connectivity index (χ3v) is 4.80. The molecule has 0 spiro atoms. The Labute approximate surface area is 134 Å². The average Bonchev–Trinajstić information content (AvgIpc) is 3.19. The van der Waals surface area contributed by atoms with Gasteiger partial charge in [-0.25, -0.2) is 4.98 Å². The predicted molar refractivity (Wildman–Crippen MR) is 85.4 cm³/mol.